The number of nitrogens with zero attached hydrogens (tertiary/aromatic N) is 3. The molecule has 3 aromatic heterocycles. The molecule has 0 unspecified atom stereocenters. The van der Waals surface area contributed by atoms with Gasteiger partial charge in [-0.1, -0.05) is 109 Å². The number of carbonyl (C=O) groups is 4. The average Bonchev–Trinajstić information content (AvgIpc) is 4.04. The van der Waals surface area contributed by atoms with Crippen LogP contribution >= 0.6 is 0 Å². The third kappa shape index (κ3) is 6.21. The van der Waals surface area contributed by atoms with Crippen molar-refractivity contribution < 1.29 is 39.6 Å². The Morgan fingerprint density at radius 1 is 0.500 bits per heavy atom. The van der Waals surface area contributed by atoms with Crippen molar-refractivity contribution in [2.45, 2.75) is 0 Å². The maximum Gasteiger partial charge on any atom is 0.340 e. The Kier molecular flexibility index (Phi) is 9.06. The predicted molar refractivity (Wildman–Crippen MR) is 227 cm³/mol. The van der Waals surface area contributed by atoms with Gasteiger partial charge in [-0.3, -0.25) is 0 Å². The molecule has 0 atom stereocenters. The number of H-pyrrole nitrogens is 1. The summed E-state index contributed by atoms with van der Waals surface area (Å²) in [7, 11) is 0. The number of fused-ring (bicyclic) bond motifs is 8. The summed E-state index contributed by atoms with van der Waals surface area (Å²) in [5.74, 6) is -6.74. The fourth-order valence-corrected chi connectivity index (χ4v) is 7.92. The van der Waals surface area contributed by atoms with Crippen LogP contribution in [0.3, 0.4) is 0 Å². The number of aromatic amines is 1. The first-order valence-corrected chi connectivity index (χ1v) is 18.6. The van der Waals surface area contributed by atoms with Crippen LogP contribution in [0.25, 0.3) is 84.4 Å². The lowest BCUT2D eigenvalue weighted by atomic mass is 9.91. The summed E-state index contributed by atoms with van der Waals surface area (Å²) in [6, 6.07) is 41.8. The summed E-state index contributed by atoms with van der Waals surface area (Å²) in [6.07, 6.45) is 3.53. The zero-order chi connectivity index (χ0) is 41.7. The van der Waals surface area contributed by atoms with Crippen LogP contribution in [0.4, 0.5) is 0 Å². The molecule has 0 aliphatic carbocycles. The van der Waals surface area contributed by atoms with Crippen LogP contribution in [0.5, 0.6) is 0 Å². The highest BCUT2D eigenvalue weighted by Gasteiger charge is 2.38. The van der Waals surface area contributed by atoms with E-state index in [1.54, 1.807) is 42.5 Å². The summed E-state index contributed by atoms with van der Waals surface area (Å²) in [6.45, 7) is 0. The van der Waals surface area contributed by atoms with Crippen LogP contribution in [0, 0.1) is 0 Å². The molecule has 0 saturated heterocycles. The Morgan fingerprint density at radius 3 is 1.53 bits per heavy atom. The van der Waals surface area contributed by atoms with Gasteiger partial charge in [0.25, 0.3) is 0 Å². The molecular weight excluding hydrogens is 761 g/mol. The quantitative estimate of drug-likeness (QED) is 0.0989. The van der Waals surface area contributed by atoms with Crippen molar-refractivity contribution in [3.05, 3.63) is 173 Å². The Hall–Kier alpha value is -8.64. The number of carboxylic acid groups (broad SMARTS) is 4. The standard InChI is InChI=1S/C48H30N4O8/c53-45(54)33-24-31-23-29-21-22-30(49-29)25-34-35(26-13-5-1-6-14-26)36(27-15-7-2-8-16-27)44(52(34)32-19-11-4-12-20-32)37(28-17-9-3-10-18-28)42-38(46(55)56)39(47(57)58)43(51-42)40(48(59)60)41(33)50-31/h1-25,50H,(H,53,54)(H,55,56)(H,57,58)(H,59,60). The Balaban J connectivity index is 1.71. The molecule has 290 valence electrons. The SMILES string of the molecule is O=C(O)C1=C(C(=O)O)c2nc1c(C(=O)O)c1[nH]c(cc3nc(cc4c(-c5ccccc5)c(-c5ccccc5)c(c2-c2ccccc2)n4-c2ccccc2)C=C3)cc1C(=O)O. The lowest BCUT2D eigenvalue weighted by molar-refractivity contribution is -0.132. The van der Waals surface area contributed by atoms with Gasteiger partial charge < -0.3 is 30.0 Å². The molecule has 0 amide bonds. The molecule has 8 bridgehead atoms. The number of aromatic nitrogens is 4. The van der Waals surface area contributed by atoms with Gasteiger partial charge in [-0.2, -0.15) is 0 Å². The summed E-state index contributed by atoms with van der Waals surface area (Å²) < 4.78 is 1.96. The minimum absolute atomic E-state index is 0.142. The topological polar surface area (TPSA) is 196 Å². The van der Waals surface area contributed by atoms with Crippen LogP contribution in [-0.2, 0) is 9.59 Å². The molecular formula is C48H30N4O8. The molecule has 5 heterocycles. The molecule has 9 rings (SSSR count). The minimum Gasteiger partial charge on any atom is -0.478 e. The van der Waals surface area contributed by atoms with Gasteiger partial charge >= 0.3 is 23.9 Å². The van der Waals surface area contributed by atoms with E-state index in [0.29, 0.717) is 39.2 Å². The highest BCUT2D eigenvalue weighted by Crippen LogP contribution is 2.49. The number of hydrogen-bond acceptors (Lipinski definition) is 6. The fourth-order valence-electron chi connectivity index (χ4n) is 7.92. The van der Waals surface area contributed by atoms with Crippen molar-refractivity contribution in [3.63, 3.8) is 0 Å². The third-order valence-corrected chi connectivity index (χ3v) is 10.3. The van der Waals surface area contributed by atoms with Crippen molar-refractivity contribution in [1.82, 2.24) is 19.5 Å². The molecule has 5 N–H and O–H groups in total. The van der Waals surface area contributed by atoms with E-state index in [2.05, 4.69) is 4.98 Å². The second kappa shape index (κ2) is 14.7. The molecule has 0 radical (unpaired) electrons. The molecule has 0 fully saturated rings. The number of para-hydroxylation sites is 1. The highest BCUT2D eigenvalue weighted by atomic mass is 16.4. The van der Waals surface area contributed by atoms with Crippen molar-refractivity contribution in [1.29, 1.82) is 0 Å². The van der Waals surface area contributed by atoms with Crippen LogP contribution in [0.1, 0.15) is 43.5 Å². The van der Waals surface area contributed by atoms with E-state index in [1.165, 1.54) is 12.1 Å². The summed E-state index contributed by atoms with van der Waals surface area (Å²) in [5.41, 5.74) is 1.53. The van der Waals surface area contributed by atoms with E-state index in [0.717, 1.165) is 16.7 Å². The average molecular weight is 791 g/mol. The van der Waals surface area contributed by atoms with Crippen molar-refractivity contribution >= 4 is 69.2 Å². The van der Waals surface area contributed by atoms with Gasteiger partial charge in [0, 0.05) is 27.9 Å². The van der Waals surface area contributed by atoms with Crippen molar-refractivity contribution in [3.8, 4) is 39.1 Å². The Bertz CT molecular complexity index is 3190. The molecule has 7 aromatic rings. The molecule has 60 heavy (non-hydrogen) atoms. The van der Waals surface area contributed by atoms with E-state index >= 15 is 0 Å². The summed E-state index contributed by atoms with van der Waals surface area (Å²) >= 11 is 0. The van der Waals surface area contributed by atoms with Gasteiger partial charge in [0.2, 0.25) is 0 Å². The first kappa shape index (κ1) is 37.0. The molecule has 4 aromatic carbocycles. The predicted octanol–water partition coefficient (Wildman–Crippen LogP) is 9.43. The third-order valence-electron chi connectivity index (χ3n) is 10.3. The zero-order valence-electron chi connectivity index (χ0n) is 31.2. The van der Waals surface area contributed by atoms with Crippen LogP contribution in [0.15, 0.2) is 140 Å². The van der Waals surface area contributed by atoms with Crippen LogP contribution in [-0.4, -0.2) is 63.8 Å². The highest BCUT2D eigenvalue weighted by molar-refractivity contribution is 6.39. The minimum atomic E-state index is -1.78. The smallest absolute Gasteiger partial charge is 0.340 e. The van der Waals surface area contributed by atoms with Crippen molar-refractivity contribution in [2.24, 2.45) is 0 Å². The number of carboxylic acids is 4. The van der Waals surface area contributed by atoms with E-state index < -0.39 is 57.4 Å². The number of benzene rings is 4. The van der Waals surface area contributed by atoms with Gasteiger partial charge in [-0.25, -0.2) is 29.1 Å². The molecule has 12 heteroatoms. The number of aliphatic carboxylic acids is 2. The number of nitrogens with one attached hydrogen (secondary N) is 1. The molecule has 2 aliphatic heterocycles. The fraction of sp³-hybridized carbons (Fsp3) is 0. The van der Waals surface area contributed by atoms with E-state index in [9.17, 15) is 39.6 Å². The monoisotopic (exact) mass is 790 g/mol. The summed E-state index contributed by atoms with van der Waals surface area (Å²) in [4.78, 5) is 65.6. The second-order valence-electron chi connectivity index (χ2n) is 13.9. The van der Waals surface area contributed by atoms with E-state index in [-0.39, 0.29) is 16.8 Å². The van der Waals surface area contributed by atoms with Gasteiger partial charge in [0.1, 0.15) is 16.7 Å². The maximum atomic E-state index is 13.7. The van der Waals surface area contributed by atoms with Gasteiger partial charge in [0.15, 0.2) is 0 Å². The van der Waals surface area contributed by atoms with Gasteiger partial charge in [-0.05, 0) is 59.2 Å². The normalized spacial score (nSPS) is 12.1. The molecule has 12 nitrogen and oxygen atoms in total. The van der Waals surface area contributed by atoms with Crippen molar-refractivity contribution in [2.75, 3.05) is 0 Å². The largest absolute Gasteiger partial charge is 0.478 e. The maximum absolute atomic E-state index is 13.7. The first-order valence-electron chi connectivity index (χ1n) is 18.6. The zero-order valence-corrected chi connectivity index (χ0v) is 31.2. The van der Waals surface area contributed by atoms with Crippen LogP contribution in [0.2, 0.25) is 0 Å². The van der Waals surface area contributed by atoms with Gasteiger partial charge in [-0.15, -0.1) is 0 Å². The first-order chi connectivity index (χ1) is 29.1. The lowest BCUT2D eigenvalue weighted by Gasteiger charge is -2.14. The number of rotatable bonds is 8. The Morgan fingerprint density at radius 2 is 1.00 bits per heavy atom. The van der Waals surface area contributed by atoms with Crippen LogP contribution < -0.4 is 0 Å². The van der Waals surface area contributed by atoms with E-state index in [1.807, 2.05) is 102 Å². The molecule has 0 saturated carbocycles. The van der Waals surface area contributed by atoms with E-state index in [4.69, 9.17) is 9.97 Å². The van der Waals surface area contributed by atoms with Gasteiger partial charge in [0.05, 0.1) is 44.9 Å². The summed E-state index contributed by atoms with van der Waals surface area (Å²) in [5, 5.41) is 43.1. The number of hydrogen-bond donors (Lipinski definition) is 5. The Labute approximate surface area is 340 Å². The molecule has 2 aliphatic rings. The molecule has 0 spiro atoms. The lowest BCUT2D eigenvalue weighted by Crippen LogP contribution is -2.10. The second-order valence-corrected chi connectivity index (χ2v) is 13.9. The number of aromatic carboxylic acids is 2.